The standard InChI is InChI=1S/C20H17ClN6O2/c1-13-24-17(19-25-20(29-26-19)15-5-7-22-8-6-15)11-27(13)12-18(28)23-10-14-3-2-4-16(21)9-14/h2-9,11H,10,12H2,1H3,(H,23,28). The van der Waals surface area contributed by atoms with E-state index in [-0.39, 0.29) is 12.5 Å². The zero-order chi connectivity index (χ0) is 20.2. The van der Waals surface area contributed by atoms with Gasteiger partial charge in [0.2, 0.25) is 11.7 Å². The molecule has 3 aromatic heterocycles. The van der Waals surface area contributed by atoms with Crippen molar-refractivity contribution in [2.45, 2.75) is 20.0 Å². The van der Waals surface area contributed by atoms with Crippen LogP contribution in [0.4, 0.5) is 0 Å². The molecule has 0 fully saturated rings. The zero-order valence-corrected chi connectivity index (χ0v) is 16.3. The lowest BCUT2D eigenvalue weighted by Gasteiger charge is -2.07. The van der Waals surface area contributed by atoms with Crippen molar-refractivity contribution in [1.82, 2.24) is 30.0 Å². The summed E-state index contributed by atoms with van der Waals surface area (Å²) in [7, 11) is 0. The van der Waals surface area contributed by atoms with Crippen molar-refractivity contribution in [3.8, 4) is 23.0 Å². The Morgan fingerprint density at radius 1 is 1.21 bits per heavy atom. The van der Waals surface area contributed by atoms with Gasteiger partial charge in [-0.05, 0) is 36.8 Å². The number of halogens is 1. The van der Waals surface area contributed by atoms with Crippen LogP contribution in [0.5, 0.6) is 0 Å². The number of benzene rings is 1. The fourth-order valence-corrected chi connectivity index (χ4v) is 2.99. The third-order valence-electron chi connectivity index (χ3n) is 4.25. The summed E-state index contributed by atoms with van der Waals surface area (Å²) < 4.78 is 7.05. The predicted molar refractivity (Wildman–Crippen MR) is 107 cm³/mol. The Morgan fingerprint density at radius 2 is 2.03 bits per heavy atom. The maximum Gasteiger partial charge on any atom is 0.258 e. The van der Waals surface area contributed by atoms with Gasteiger partial charge in [0.25, 0.3) is 5.89 Å². The van der Waals surface area contributed by atoms with Gasteiger partial charge in [-0.3, -0.25) is 9.78 Å². The van der Waals surface area contributed by atoms with Crippen molar-refractivity contribution in [2.24, 2.45) is 0 Å². The topological polar surface area (TPSA) is 98.7 Å². The lowest BCUT2D eigenvalue weighted by molar-refractivity contribution is -0.121. The van der Waals surface area contributed by atoms with Gasteiger partial charge in [0.05, 0.1) is 0 Å². The summed E-state index contributed by atoms with van der Waals surface area (Å²) >= 11 is 5.96. The Bertz CT molecular complexity index is 1140. The number of aromatic nitrogens is 5. The molecule has 3 heterocycles. The van der Waals surface area contributed by atoms with Crippen molar-refractivity contribution in [3.63, 3.8) is 0 Å². The molecule has 8 nitrogen and oxygen atoms in total. The first-order chi connectivity index (χ1) is 14.1. The fraction of sp³-hybridized carbons (Fsp3) is 0.150. The van der Waals surface area contributed by atoms with Gasteiger partial charge in [0.15, 0.2) is 0 Å². The van der Waals surface area contributed by atoms with Gasteiger partial charge < -0.3 is 14.4 Å². The maximum absolute atomic E-state index is 12.3. The summed E-state index contributed by atoms with van der Waals surface area (Å²) in [5.41, 5.74) is 2.24. The first-order valence-electron chi connectivity index (χ1n) is 8.88. The molecule has 0 saturated heterocycles. The number of amides is 1. The molecule has 9 heteroatoms. The predicted octanol–water partition coefficient (Wildman–Crippen LogP) is 3.27. The summed E-state index contributed by atoms with van der Waals surface area (Å²) in [6.07, 6.45) is 5.04. The van der Waals surface area contributed by atoms with Crippen LogP contribution in [0.25, 0.3) is 23.0 Å². The van der Waals surface area contributed by atoms with Crippen LogP contribution in [0.15, 0.2) is 59.5 Å². The summed E-state index contributed by atoms with van der Waals surface area (Å²) in [6.45, 7) is 2.35. The van der Waals surface area contributed by atoms with Gasteiger partial charge in [-0.1, -0.05) is 28.9 Å². The molecule has 0 aliphatic carbocycles. The maximum atomic E-state index is 12.3. The zero-order valence-electron chi connectivity index (χ0n) is 15.5. The number of rotatable bonds is 6. The van der Waals surface area contributed by atoms with Gasteiger partial charge >= 0.3 is 0 Å². The second kappa shape index (κ2) is 8.24. The highest BCUT2D eigenvalue weighted by atomic mass is 35.5. The van der Waals surface area contributed by atoms with E-state index in [0.717, 1.165) is 11.1 Å². The Labute approximate surface area is 171 Å². The Balaban J connectivity index is 1.43. The van der Waals surface area contributed by atoms with Crippen LogP contribution >= 0.6 is 11.6 Å². The monoisotopic (exact) mass is 408 g/mol. The molecule has 0 unspecified atom stereocenters. The number of imidazole rings is 1. The highest BCUT2D eigenvalue weighted by molar-refractivity contribution is 6.30. The second-order valence-electron chi connectivity index (χ2n) is 6.37. The van der Waals surface area contributed by atoms with E-state index in [0.29, 0.717) is 34.8 Å². The van der Waals surface area contributed by atoms with Gasteiger partial charge in [0, 0.05) is 35.7 Å². The minimum Gasteiger partial charge on any atom is -0.350 e. The van der Waals surface area contributed by atoms with E-state index in [9.17, 15) is 4.79 Å². The molecule has 29 heavy (non-hydrogen) atoms. The number of nitrogens with one attached hydrogen (secondary N) is 1. The first-order valence-corrected chi connectivity index (χ1v) is 9.25. The highest BCUT2D eigenvalue weighted by Crippen LogP contribution is 2.21. The number of aryl methyl sites for hydroxylation is 1. The lowest BCUT2D eigenvalue weighted by atomic mass is 10.2. The minimum absolute atomic E-state index is 0.133. The summed E-state index contributed by atoms with van der Waals surface area (Å²) in [5, 5.41) is 7.50. The van der Waals surface area contributed by atoms with Crippen LogP contribution in [-0.2, 0) is 17.9 Å². The number of pyridine rings is 1. The van der Waals surface area contributed by atoms with Crippen LogP contribution in [0, 0.1) is 6.92 Å². The van der Waals surface area contributed by atoms with Gasteiger partial charge in [-0.2, -0.15) is 4.98 Å². The summed E-state index contributed by atoms with van der Waals surface area (Å²) in [6, 6.07) is 10.9. The molecule has 1 amide bonds. The third kappa shape index (κ3) is 4.49. The Hall–Kier alpha value is -3.52. The Morgan fingerprint density at radius 3 is 2.83 bits per heavy atom. The largest absolute Gasteiger partial charge is 0.350 e. The highest BCUT2D eigenvalue weighted by Gasteiger charge is 2.15. The van der Waals surface area contributed by atoms with Gasteiger partial charge in [0.1, 0.15) is 18.1 Å². The second-order valence-corrected chi connectivity index (χ2v) is 6.80. The first kappa shape index (κ1) is 18.8. The van der Waals surface area contributed by atoms with Gasteiger partial charge in [-0.25, -0.2) is 4.98 Å². The van der Waals surface area contributed by atoms with Crippen molar-refractivity contribution in [2.75, 3.05) is 0 Å². The molecule has 0 aliphatic rings. The molecule has 0 saturated carbocycles. The molecule has 0 atom stereocenters. The summed E-state index contributed by atoms with van der Waals surface area (Å²) in [5.74, 6) is 1.28. The van der Waals surface area contributed by atoms with Crippen LogP contribution < -0.4 is 5.32 Å². The summed E-state index contributed by atoms with van der Waals surface area (Å²) in [4.78, 5) is 25.1. The Kier molecular flexibility index (Phi) is 5.35. The van der Waals surface area contributed by atoms with E-state index in [1.54, 1.807) is 41.4 Å². The van der Waals surface area contributed by atoms with E-state index in [1.165, 1.54) is 0 Å². The molecule has 1 N–H and O–H groups in total. The smallest absolute Gasteiger partial charge is 0.258 e. The van der Waals surface area contributed by atoms with E-state index in [4.69, 9.17) is 16.1 Å². The van der Waals surface area contributed by atoms with E-state index in [2.05, 4.69) is 25.4 Å². The molecular weight excluding hydrogens is 392 g/mol. The third-order valence-corrected chi connectivity index (χ3v) is 4.49. The molecule has 4 aromatic rings. The van der Waals surface area contributed by atoms with Gasteiger partial charge in [-0.15, -0.1) is 0 Å². The van der Waals surface area contributed by atoms with Crippen LogP contribution in [-0.4, -0.2) is 30.6 Å². The molecule has 0 radical (unpaired) electrons. The van der Waals surface area contributed by atoms with Crippen LogP contribution in [0.2, 0.25) is 5.02 Å². The fourth-order valence-electron chi connectivity index (χ4n) is 2.77. The minimum atomic E-state index is -0.136. The van der Waals surface area contributed by atoms with Crippen molar-refractivity contribution < 1.29 is 9.32 Å². The number of hydrogen-bond donors (Lipinski definition) is 1. The van der Waals surface area contributed by atoms with E-state index >= 15 is 0 Å². The number of carbonyl (C=O) groups is 1. The van der Waals surface area contributed by atoms with Crippen molar-refractivity contribution >= 4 is 17.5 Å². The average molecular weight is 409 g/mol. The number of hydrogen-bond acceptors (Lipinski definition) is 6. The normalized spacial score (nSPS) is 10.8. The quantitative estimate of drug-likeness (QED) is 0.525. The van der Waals surface area contributed by atoms with Crippen molar-refractivity contribution in [3.05, 3.63) is 71.4 Å². The molecule has 1 aromatic carbocycles. The molecule has 0 bridgehead atoms. The molecule has 4 rings (SSSR count). The van der Waals surface area contributed by atoms with E-state index in [1.807, 2.05) is 25.1 Å². The number of carbonyl (C=O) groups excluding carboxylic acids is 1. The van der Waals surface area contributed by atoms with E-state index < -0.39 is 0 Å². The number of nitrogens with zero attached hydrogens (tertiary/aromatic N) is 5. The lowest BCUT2D eigenvalue weighted by Crippen LogP contribution is -2.27. The molecule has 0 aliphatic heterocycles. The molecular formula is C20H17ClN6O2. The van der Waals surface area contributed by atoms with Crippen LogP contribution in [0.1, 0.15) is 11.4 Å². The van der Waals surface area contributed by atoms with Crippen molar-refractivity contribution in [1.29, 1.82) is 0 Å². The SMILES string of the molecule is Cc1nc(-c2noc(-c3ccncc3)n2)cn1CC(=O)NCc1cccc(Cl)c1. The average Bonchev–Trinajstić information content (AvgIpc) is 3.35. The molecule has 0 spiro atoms. The molecule has 146 valence electrons. The van der Waals surface area contributed by atoms with Crippen LogP contribution in [0.3, 0.4) is 0 Å².